The van der Waals surface area contributed by atoms with Gasteiger partial charge in [-0.25, -0.2) is 0 Å². The van der Waals surface area contributed by atoms with Crippen LogP contribution in [-0.4, -0.2) is 24.5 Å². The molecule has 0 unspecified atom stereocenters. The number of hydrogen-bond acceptors (Lipinski definition) is 2. The second kappa shape index (κ2) is 9.35. The Morgan fingerprint density at radius 1 is 1.11 bits per heavy atom. The number of rotatable bonds is 8. The van der Waals surface area contributed by atoms with Crippen molar-refractivity contribution in [3.8, 4) is 0 Å². The quantitative estimate of drug-likeness (QED) is 0.709. The second-order valence-corrected chi connectivity index (χ2v) is 5.97. The molecular formula is C16H32N2O. The number of carbonyl (C=O) groups is 1. The molecule has 0 atom stereocenters. The van der Waals surface area contributed by atoms with Gasteiger partial charge in [-0.15, -0.1) is 0 Å². The molecule has 0 saturated heterocycles. The molecule has 1 saturated carbocycles. The third-order valence-electron chi connectivity index (χ3n) is 4.45. The Labute approximate surface area is 118 Å². The van der Waals surface area contributed by atoms with Gasteiger partial charge >= 0.3 is 0 Å². The summed E-state index contributed by atoms with van der Waals surface area (Å²) in [5.74, 6) is 1.09. The first-order valence-electron chi connectivity index (χ1n) is 8.22. The van der Waals surface area contributed by atoms with Crippen molar-refractivity contribution in [3.05, 3.63) is 0 Å². The van der Waals surface area contributed by atoms with Crippen molar-refractivity contribution in [2.45, 2.75) is 84.2 Å². The van der Waals surface area contributed by atoms with E-state index in [0.717, 1.165) is 18.8 Å². The zero-order chi connectivity index (χ0) is 14.1. The van der Waals surface area contributed by atoms with Crippen LogP contribution in [0.3, 0.4) is 0 Å². The van der Waals surface area contributed by atoms with Crippen molar-refractivity contribution >= 4 is 5.91 Å². The predicted octanol–water partition coefficient (Wildman–Crippen LogP) is 3.24. The molecule has 1 aliphatic rings. The summed E-state index contributed by atoms with van der Waals surface area (Å²) in [5.41, 5.74) is 0. The van der Waals surface area contributed by atoms with E-state index in [1.807, 2.05) is 0 Å². The van der Waals surface area contributed by atoms with Crippen LogP contribution in [0, 0.1) is 5.92 Å². The second-order valence-electron chi connectivity index (χ2n) is 5.97. The van der Waals surface area contributed by atoms with Crippen molar-refractivity contribution in [3.63, 3.8) is 0 Å². The van der Waals surface area contributed by atoms with Crippen LogP contribution < -0.4 is 10.6 Å². The van der Waals surface area contributed by atoms with E-state index in [1.54, 1.807) is 0 Å². The molecule has 1 fully saturated rings. The maximum absolute atomic E-state index is 11.8. The van der Waals surface area contributed by atoms with E-state index < -0.39 is 0 Å². The summed E-state index contributed by atoms with van der Waals surface area (Å²) in [6.07, 6.45) is 9.86. The first-order chi connectivity index (χ1) is 9.19. The summed E-state index contributed by atoms with van der Waals surface area (Å²) < 4.78 is 0. The molecule has 1 amide bonds. The van der Waals surface area contributed by atoms with E-state index in [4.69, 9.17) is 0 Å². The molecule has 0 aromatic rings. The zero-order valence-corrected chi connectivity index (χ0v) is 13.0. The highest BCUT2D eigenvalue weighted by Gasteiger charge is 2.20. The largest absolute Gasteiger partial charge is 0.352 e. The fraction of sp³-hybridized carbons (Fsp3) is 0.938. The van der Waals surface area contributed by atoms with Crippen LogP contribution in [0.4, 0.5) is 0 Å². The normalized spacial score (nSPS) is 23.6. The van der Waals surface area contributed by atoms with Gasteiger partial charge in [0.25, 0.3) is 0 Å². The van der Waals surface area contributed by atoms with Crippen LogP contribution in [0.15, 0.2) is 0 Å². The highest BCUT2D eigenvalue weighted by Crippen LogP contribution is 2.27. The van der Waals surface area contributed by atoms with Crippen LogP contribution >= 0.6 is 0 Å². The molecule has 0 heterocycles. The van der Waals surface area contributed by atoms with Crippen molar-refractivity contribution in [2.75, 3.05) is 6.54 Å². The highest BCUT2D eigenvalue weighted by atomic mass is 16.1. The van der Waals surface area contributed by atoms with Crippen LogP contribution in [0.2, 0.25) is 0 Å². The molecule has 112 valence electrons. The van der Waals surface area contributed by atoms with Crippen LogP contribution in [-0.2, 0) is 4.79 Å². The summed E-state index contributed by atoms with van der Waals surface area (Å²) in [6, 6.07) is 0.898. The maximum atomic E-state index is 11.8. The van der Waals surface area contributed by atoms with E-state index in [1.165, 1.54) is 38.5 Å². The number of amides is 1. The van der Waals surface area contributed by atoms with Gasteiger partial charge in [0.15, 0.2) is 0 Å². The molecule has 0 aromatic carbocycles. The van der Waals surface area contributed by atoms with E-state index in [9.17, 15) is 4.79 Å². The van der Waals surface area contributed by atoms with Gasteiger partial charge in [0.1, 0.15) is 0 Å². The smallest absolute Gasteiger partial charge is 0.234 e. The topological polar surface area (TPSA) is 41.1 Å². The van der Waals surface area contributed by atoms with Gasteiger partial charge < -0.3 is 10.6 Å². The summed E-state index contributed by atoms with van der Waals surface area (Å²) in [4.78, 5) is 11.8. The fourth-order valence-corrected chi connectivity index (χ4v) is 3.07. The third-order valence-corrected chi connectivity index (χ3v) is 4.45. The Kier molecular flexibility index (Phi) is 8.11. The van der Waals surface area contributed by atoms with Gasteiger partial charge in [-0.2, -0.15) is 0 Å². The minimum absolute atomic E-state index is 0.157. The minimum Gasteiger partial charge on any atom is -0.352 e. The van der Waals surface area contributed by atoms with E-state index >= 15 is 0 Å². The lowest BCUT2D eigenvalue weighted by molar-refractivity contribution is -0.121. The molecule has 0 spiro atoms. The highest BCUT2D eigenvalue weighted by molar-refractivity contribution is 5.78. The van der Waals surface area contributed by atoms with E-state index in [2.05, 4.69) is 31.4 Å². The molecule has 1 aliphatic carbocycles. The summed E-state index contributed by atoms with van der Waals surface area (Å²) in [7, 11) is 0. The molecule has 0 aromatic heterocycles. The molecule has 2 N–H and O–H groups in total. The molecule has 0 radical (unpaired) electrons. The van der Waals surface area contributed by atoms with Gasteiger partial charge in [-0.3, -0.25) is 4.79 Å². The van der Waals surface area contributed by atoms with E-state index in [-0.39, 0.29) is 5.91 Å². The Hall–Kier alpha value is -0.570. The SMILES string of the molecule is CCCC1CCC(NCC(=O)NC(CC)CC)CC1. The monoisotopic (exact) mass is 268 g/mol. The average molecular weight is 268 g/mol. The summed E-state index contributed by atoms with van der Waals surface area (Å²) in [5, 5.41) is 6.51. The van der Waals surface area contributed by atoms with Gasteiger partial charge in [-0.05, 0) is 44.4 Å². The van der Waals surface area contributed by atoms with Crippen LogP contribution in [0.1, 0.15) is 72.1 Å². The Balaban J connectivity index is 2.14. The summed E-state index contributed by atoms with van der Waals surface area (Å²) >= 11 is 0. The van der Waals surface area contributed by atoms with Crippen LogP contribution in [0.5, 0.6) is 0 Å². The van der Waals surface area contributed by atoms with Crippen molar-refractivity contribution < 1.29 is 4.79 Å². The standard InChI is InChI=1S/C16H32N2O/c1-4-7-13-8-10-15(11-9-13)17-12-16(19)18-14(5-2)6-3/h13-15,17H,4-12H2,1-3H3,(H,18,19). The molecular weight excluding hydrogens is 236 g/mol. The molecule has 0 aliphatic heterocycles. The zero-order valence-electron chi connectivity index (χ0n) is 13.0. The predicted molar refractivity (Wildman–Crippen MR) is 81.2 cm³/mol. The number of nitrogens with one attached hydrogen (secondary N) is 2. The van der Waals surface area contributed by atoms with E-state index in [0.29, 0.717) is 18.6 Å². The van der Waals surface area contributed by atoms with Gasteiger partial charge in [0, 0.05) is 12.1 Å². The van der Waals surface area contributed by atoms with Crippen LogP contribution in [0.25, 0.3) is 0 Å². The molecule has 0 bridgehead atoms. The number of hydrogen-bond donors (Lipinski definition) is 2. The van der Waals surface area contributed by atoms with Gasteiger partial charge in [-0.1, -0.05) is 33.6 Å². The third kappa shape index (κ3) is 6.42. The maximum Gasteiger partial charge on any atom is 0.234 e. The first-order valence-corrected chi connectivity index (χ1v) is 8.22. The lowest BCUT2D eigenvalue weighted by atomic mass is 9.83. The Morgan fingerprint density at radius 3 is 2.26 bits per heavy atom. The summed E-state index contributed by atoms with van der Waals surface area (Å²) in [6.45, 7) is 7.00. The molecule has 1 rings (SSSR count). The minimum atomic E-state index is 0.157. The van der Waals surface area contributed by atoms with Crippen molar-refractivity contribution in [1.82, 2.24) is 10.6 Å². The lowest BCUT2D eigenvalue weighted by Crippen LogP contribution is -2.43. The Bertz CT molecular complexity index is 243. The molecule has 3 heteroatoms. The lowest BCUT2D eigenvalue weighted by Gasteiger charge is -2.29. The number of carbonyl (C=O) groups excluding carboxylic acids is 1. The molecule has 3 nitrogen and oxygen atoms in total. The average Bonchev–Trinajstić information content (AvgIpc) is 2.44. The van der Waals surface area contributed by atoms with Crippen molar-refractivity contribution in [1.29, 1.82) is 0 Å². The van der Waals surface area contributed by atoms with Gasteiger partial charge in [0.05, 0.1) is 6.54 Å². The van der Waals surface area contributed by atoms with Crippen molar-refractivity contribution in [2.24, 2.45) is 5.92 Å². The first kappa shape index (κ1) is 16.5. The van der Waals surface area contributed by atoms with Gasteiger partial charge in [0.2, 0.25) is 5.91 Å². The molecule has 19 heavy (non-hydrogen) atoms. The fourth-order valence-electron chi connectivity index (χ4n) is 3.07. The Morgan fingerprint density at radius 2 is 1.74 bits per heavy atom.